The van der Waals surface area contributed by atoms with Gasteiger partial charge in [-0.15, -0.1) is 5.10 Å². The molecular weight excluding hydrogens is 294 g/mol. The monoisotopic (exact) mass is 309 g/mol. The van der Waals surface area contributed by atoms with Crippen molar-refractivity contribution in [1.82, 2.24) is 15.5 Å². The Kier molecular flexibility index (Phi) is 3.62. The van der Waals surface area contributed by atoms with Gasteiger partial charge in [0.05, 0.1) is 11.4 Å². The van der Waals surface area contributed by atoms with Crippen LogP contribution in [0.4, 0.5) is 11.7 Å². The molecule has 0 spiro atoms. The summed E-state index contributed by atoms with van der Waals surface area (Å²) >= 11 is 0. The molecule has 1 aromatic heterocycles. The predicted molar refractivity (Wildman–Crippen MR) is 75.3 cm³/mol. The van der Waals surface area contributed by atoms with Crippen molar-refractivity contribution < 1.29 is 12.8 Å². The molecule has 4 N–H and O–H groups in total. The fraction of sp³-hybridized carbons (Fsp3) is 0.333. The van der Waals surface area contributed by atoms with Gasteiger partial charge in [0, 0.05) is 11.7 Å². The maximum absolute atomic E-state index is 11.1. The lowest BCUT2D eigenvalue weighted by Gasteiger charge is -2.02. The summed E-state index contributed by atoms with van der Waals surface area (Å²) in [6, 6.07) is 6.79. The van der Waals surface area contributed by atoms with Crippen LogP contribution < -0.4 is 15.8 Å². The van der Waals surface area contributed by atoms with Crippen LogP contribution in [0.5, 0.6) is 0 Å². The number of primary sulfonamides is 1. The Morgan fingerprint density at radius 2 is 1.95 bits per heavy atom. The number of hydrogen-bond acceptors (Lipinski definition) is 7. The minimum atomic E-state index is -3.69. The van der Waals surface area contributed by atoms with E-state index in [1.54, 1.807) is 12.1 Å². The molecule has 8 nitrogen and oxygen atoms in total. The first-order chi connectivity index (χ1) is 10.0. The summed E-state index contributed by atoms with van der Waals surface area (Å²) in [6.45, 7) is 0.545. The Labute approximate surface area is 121 Å². The van der Waals surface area contributed by atoms with Crippen molar-refractivity contribution in [3.05, 3.63) is 30.2 Å². The minimum Gasteiger partial charge on any atom is -0.406 e. The van der Waals surface area contributed by atoms with Gasteiger partial charge >= 0.3 is 6.01 Å². The molecule has 3 rings (SSSR count). The van der Waals surface area contributed by atoms with Crippen LogP contribution >= 0.6 is 0 Å². The largest absolute Gasteiger partial charge is 0.406 e. The van der Waals surface area contributed by atoms with Crippen LogP contribution in [0.3, 0.4) is 0 Å². The second-order valence-electron chi connectivity index (χ2n) is 4.85. The maximum atomic E-state index is 11.1. The topological polar surface area (TPSA) is 123 Å². The number of nitrogens with zero attached hydrogens (tertiary/aromatic N) is 2. The Hall–Kier alpha value is -1.97. The summed E-state index contributed by atoms with van der Waals surface area (Å²) in [7, 11) is -3.69. The molecule has 0 unspecified atom stereocenters. The molecule has 0 bridgehead atoms. The molecule has 1 heterocycles. The van der Waals surface area contributed by atoms with E-state index in [-0.39, 0.29) is 10.9 Å². The molecule has 112 valence electrons. The van der Waals surface area contributed by atoms with Gasteiger partial charge in [0.15, 0.2) is 0 Å². The number of hydrogen-bond donors (Lipinski definition) is 3. The van der Waals surface area contributed by atoms with E-state index >= 15 is 0 Å². The Balaban J connectivity index is 1.63. The van der Waals surface area contributed by atoms with Gasteiger partial charge in [-0.1, -0.05) is 5.10 Å². The normalized spacial score (nSPS) is 15.1. The third-order valence-electron chi connectivity index (χ3n) is 3.02. The number of rotatable bonds is 6. The Bertz CT molecular complexity index is 722. The lowest BCUT2D eigenvalue weighted by Crippen LogP contribution is -2.15. The molecule has 1 aliphatic carbocycles. The van der Waals surface area contributed by atoms with Crippen LogP contribution in [0.15, 0.2) is 33.6 Å². The van der Waals surface area contributed by atoms with Gasteiger partial charge in [0.25, 0.3) is 0 Å². The van der Waals surface area contributed by atoms with Crippen LogP contribution in [0.25, 0.3) is 0 Å². The van der Waals surface area contributed by atoms with Gasteiger partial charge in [0.2, 0.25) is 15.9 Å². The molecule has 0 saturated heterocycles. The Morgan fingerprint density at radius 3 is 2.57 bits per heavy atom. The average Bonchev–Trinajstić information content (AvgIpc) is 3.16. The lowest BCUT2D eigenvalue weighted by atomic mass is 10.3. The van der Waals surface area contributed by atoms with Crippen molar-refractivity contribution >= 4 is 21.7 Å². The third kappa shape index (κ3) is 3.78. The zero-order valence-electron chi connectivity index (χ0n) is 11.1. The highest BCUT2D eigenvalue weighted by molar-refractivity contribution is 7.89. The van der Waals surface area contributed by atoms with Crippen molar-refractivity contribution in [2.75, 3.05) is 5.32 Å². The molecular formula is C12H15N5O3S. The van der Waals surface area contributed by atoms with E-state index in [9.17, 15) is 8.42 Å². The minimum absolute atomic E-state index is 0.0490. The van der Waals surface area contributed by atoms with Gasteiger partial charge in [-0.05, 0) is 37.1 Å². The predicted octanol–water partition coefficient (Wildman–Crippen LogP) is 0.713. The highest BCUT2D eigenvalue weighted by Crippen LogP contribution is 2.20. The summed E-state index contributed by atoms with van der Waals surface area (Å²) in [6.07, 6.45) is 2.38. The van der Waals surface area contributed by atoms with Gasteiger partial charge in [-0.2, -0.15) is 0 Å². The number of aromatic nitrogens is 2. The fourth-order valence-corrected chi connectivity index (χ4v) is 2.26. The lowest BCUT2D eigenvalue weighted by molar-refractivity contribution is 0.478. The molecule has 2 aromatic rings. The summed E-state index contributed by atoms with van der Waals surface area (Å²) in [5, 5.41) is 19.0. The molecule has 1 aliphatic rings. The summed E-state index contributed by atoms with van der Waals surface area (Å²) in [5.41, 5.74) is 0.632. The summed E-state index contributed by atoms with van der Waals surface area (Å²) < 4.78 is 27.7. The molecule has 1 saturated carbocycles. The summed E-state index contributed by atoms with van der Waals surface area (Å²) in [4.78, 5) is 0.0490. The van der Waals surface area contributed by atoms with Crippen molar-refractivity contribution in [1.29, 1.82) is 0 Å². The van der Waals surface area contributed by atoms with Crippen LogP contribution in [0.1, 0.15) is 18.7 Å². The van der Waals surface area contributed by atoms with E-state index in [1.807, 2.05) is 0 Å². The zero-order valence-corrected chi connectivity index (χ0v) is 11.9. The molecule has 21 heavy (non-hydrogen) atoms. The highest BCUT2D eigenvalue weighted by Gasteiger charge is 2.21. The van der Waals surface area contributed by atoms with E-state index in [1.165, 1.54) is 25.0 Å². The highest BCUT2D eigenvalue weighted by atomic mass is 32.2. The average molecular weight is 309 g/mol. The van der Waals surface area contributed by atoms with Crippen LogP contribution in [0.2, 0.25) is 0 Å². The van der Waals surface area contributed by atoms with Crippen LogP contribution in [0, 0.1) is 0 Å². The number of sulfonamides is 1. The molecule has 0 amide bonds. The first kappa shape index (κ1) is 14.0. The van der Waals surface area contributed by atoms with Gasteiger partial charge in [0.1, 0.15) is 0 Å². The third-order valence-corrected chi connectivity index (χ3v) is 3.95. The fourth-order valence-electron chi connectivity index (χ4n) is 1.75. The van der Waals surface area contributed by atoms with E-state index in [2.05, 4.69) is 20.8 Å². The van der Waals surface area contributed by atoms with Crippen LogP contribution in [-0.2, 0) is 16.6 Å². The van der Waals surface area contributed by atoms with Crippen molar-refractivity contribution in [3.8, 4) is 0 Å². The summed E-state index contributed by atoms with van der Waals surface area (Å²) in [5.74, 6) is 0.505. The molecule has 0 aliphatic heterocycles. The maximum Gasteiger partial charge on any atom is 0.320 e. The molecule has 1 aromatic carbocycles. The standard InChI is InChI=1S/C12H15N5O3S/c13-21(18,19)10-5-3-9(4-6-10)15-12-17-16-11(20-12)7-14-8-1-2-8/h3-6,8,14H,1-2,7H2,(H,15,17)(H2,13,18,19). The first-order valence-electron chi connectivity index (χ1n) is 6.46. The number of anilines is 2. The van der Waals surface area contributed by atoms with Crippen molar-refractivity contribution in [3.63, 3.8) is 0 Å². The van der Waals surface area contributed by atoms with E-state index in [0.717, 1.165) is 0 Å². The van der Waals surface area contributed by atoms with Crippen molar-refractivity contribution in [2.24, 2.45) is 5.14 Å². The van der Waals surface area contributed by atoms with Gasteiger partial charge < -0.3 is 15.1 Å². The molecule has 9 heteroatoms. The van der Waals surface area contributed by atoms with E-state index in [0.29, 0.717) is 24.2 Å². The molecule has 0 radical (unpaired) electrons. The SMILES string of the molecule is NS(=O)(=O)c1ccc(Nc2nnc(CNC3CC3)o2)cc1. The first-order valence-corrected chi connectivity index (χ1v) is 8.01. The zero-order chi connectivity index (χ0) is 14.9. The van der Waals surface area contributed by atoms with Gasteiger partial charge in [-0.3, -0.25) is 0 Å². The quantitative estimate of drug-likeness (QED) is 0.718. The van der Waals surface area contributed by atoms with E-state index in [4.69, 9.17) is 9.56 Å². The smallest absolute Gasteiger partial charge is 0.320 e. The second-order valence-corrected chi connectivity index (χ2v) is 6.41. The van der Waals surface area contributed by atoms with Crippen LogP contribution in [-0.4, -0.2) is 24.7 Å². The van der Waals surface area contributed by atoms with Crippen molar-refractivity contribution in [2.45, 2.75) is 30.3 Å². The molecule has 0 atom stereocenters. The van der Waals surface area contributed by atoms with E-state index < -0.39 is 10.0 Å². The number of benzene rings is 1. The second kappa shape index (κ2) is 5.43. The van der Waals surface area contributed by atoms with Gasteiger partial charge in [-0.25, -0.2) is 13.6 Å². The number of nitrogens with two attached hydrogens (primary N) is 1. The number of nitrogens with one attached hydrogen (secondary N) is 2. The molecule has 1 fully saturated rings. The Morgan fingerprint density at radius 1 is 1.24 bits per heavy atom.